The molecular formula is C16H21ClN2O2S. The summed E-state index contributed by atoms with van der Waals surface area (Å²) in [7, 11) is 0. The summed E-state index contributed by atoms with van der Waals surface area (Å²) in [6, 6.07) is 5.07. The van der Waals surface area contributed by atoms with Gasteiger partial charge in [-0.1, -0.05) is 11.6 Å². The van der Waals surface area contributed by atoms with Crippen molar-refractivity contribution in [2.75, 3.05) is 13.1 Å². The van der Waals surface area contributed by atoms with Gasteiger partial charge in [0, 0.05) is 4.90 Å². The van der Waals surface area contributed by atoms with Crippen LogP contribution in [0.15, 0.2) is 23.1 Å². The Balaban J connectivity index is 1.83. The second-order valence-corrected chi connectivity index (χ2v) is 8.36. The predicted octanol–water partition coefficient (Wildman–Crippen LogP) is 2.92. The normalized spacial score (nSPS) is 27.1. The molecule has 1 aliphatic heterocycles. The third kappa shape index (κ3) is 2.94. The highest BCUT2D eigenvalue weighted by atomic mass is 35.5. The smallest absolute Gasteiger partial charge is 0.234 e. The number of thioether (sulfide) groups is 1. The largest absolute Gasteiger partial charge is 0.506 e. The zero-order chi connectivity index (χ0) is 15.8. The Morgan fingerprint density at radius 1 is 1.27 bits per heavy atom. The Labute approximate surface area is 139 Å². The van der Waals surface area contributed by atoms with Crippen molar-refractivity contribution in [2.45, 2.75) is 41.7 Å². The highest BCUT2D eigenvalue weighted by Gasteiger charge is 2.52. The molecule has 1 atom stereocenters. The van der Waals surface area contributed by atoms with Crippen molar-refractivity contribution < 1.29 is 9.90 Å². The van der Waals surface area contributed by atoms with Gasteiger partial charge in [-0.3, -0.25) is 4.79 Å². The molecule has 0 aromatic heterocycles. The van der Waals surface area contributed by atoms with Crippen LogP contribution in [0.4, 0.5) is 0 Å². The number of hydrogen-bond donors (Lipinski definition) is 3. The van der Waals surface area contributed by atoms with Crippen LogP contribution in [0.1, 0.15) is 32.1 Å². The lowest BCUT2D eigenvalue weighted by Gasteiger charge is -2.35. The molecule has 1 spiro atoms. The Kier molecular flexibility index (Phi) is 4.32. The molecule has 1 aromatic carbocycles. The van der Waals surface area contributed by atoms with Gasteiger partial charge in [-0.05, 0) is 68.8 Å². The van der Waals surface area contributed by atoms with Gasteiger partial charge >= 0.3 is 0 Å². The van der Waals surface area contributed by atoms with Crippen molar-refractivity contribution in [3.63, 3.8) is 0 Å². The molecule has 22 heavy (non-hydrogen) atoms. The van der Waals surface area contributed by atoms with Crippen LogP contribution in [0.5, 0.6) is 5.75 Å². The summed E-state index contributed by atoms with van der Waals surface area (Å²) >= 11 is 7.49. The van der Waals surface area contributed by atoms with E-state index in [2.05, 4.69) is 5.32 Å². The molecule has 0 bridgehead atoms. The topological polar surface area (TPSA) is 75.4 Å². The monoisotopic (exact) mass is 340 g/mol. The fraction of sp³-hybridized carbons (Fsp3) is 0.562. The van der Waals surface area contributed by atoms with Crippen LogP contribution in [-0.4, -0.2) is 28.9 Å². The van der Waals surface area contributed by atoms with E-state index in [1.807, 2.05) is 0 Å². The highest BCUT2D eigenvalue weighted by molar-refractivity contribution is 8.01. The number of benzene rings is 1. The van der Waals surface area contributed by atoms with Crippen LogP contribution in [0.25, 0.3) is 0 Å². The third-order valence-electron chi connectivity index (χ3n) is 5.07. The van der Waals surface area contributed by atoms with Crippen molar-refractivity contribution >= 4 is 29.3 Å². The number of carbonyl (C=O) groups excluding carboxylic acids is 1. The van der Waals surface area contributed by atoms with Gasteiger partial charge in [0.2, 0.25) is 5.91 Å². The Bertz CT molecular complexity index is 590. The maximum atomic E-state index is 12.2. The molecule has 120 valence electrons. The van der Waals surface area contributed by atoms with Gasteiger partial charge in [0.1, 0.15) is 5.75 Å². The summed E-state index contributed by atoms with van der Waals surface area (Å²) < 4.78 is -0.558. The van der Waals surface area contributed by atoms with Gasteiger partial charge in [-0.15, -0.1) is 11.8 Å². The summed E-state index contributed by atoms with van der Waals surface area (Å²) in [5, 5.41) is 13.2. The summed E-state index contributed by atoms with van der Waals surface area (Å²) in [5.41, 5.74) is 6.02. The fourth-order valence-corrected chi connectivity index (χ4v) is 5.45. The van der Waals surface area contributed by atoms with Gasteiger partial charge in [0.25, 0.3) is 0 Å². The minimum absolute atomic E-state index is 0.0559. The molecule has 1 aliphatic carbocycles. The number of amides is 1. The standard InChI is InChI=1S/C16H21ClN2O2S/c17-12-9-11(1-2-13(12)20)22-16(14(18)21)4-3-15(10-16)5-7-19-8-6-15/h1-2,9,19-20H,3-8,10H2,(H2,18,21). The summed E-state index contributed by atoms with van der Waals surface area (Å²) in [6.45, 7) is 2.04. The maximum Gasteiger partial charge on any atom is 0.234 e. The first-order valence-electron chi connectivity index (χ1n) is 7.63. The van der Waals surface area contributed by atoms with Crippen LogP contribution < -0.4 is 11.1 Å². The molecule has 1 heterocycles. The number of phenols is 1. The molecule has 1 amide bonds. The molecule has 6 heteroatoms. The lowest BCUT2D eigenvalue weighted by Crippen LogP contribution is -2.42. The number of piperidine rings is 1. The first kappa shape index (κ1) is 16.0. The Morgan fingerprint density at radius 2 is 2.00 bits per heavy atom. The van der Waals surface area contributed by atoms with Gasteiger partial charge in [-0.2, -0.15) is 0 Å². The second-order valence-electron chi connectivity index (χ2n) is 6.50. The van der Waals surface area contributed by atoms with Crippen LogP contribution in [0.3, 0.4) is 0 Å². The number of aromatic hydroxyl groups is 1. The van der Waals surface area contributed by atoms with E-state index >= 15 is 0 Å². The molecule has 4 nitrogen and oxygen atoms in total. The van der Waals surface area contributed by atoms with Crippen molar-refractivity contribution in [2.24, 2.45) is 11.1 Å². The summed E-state index contributed by atoms with van der Waals surface area (Å²) in [5.74, 6) is -0.183. The number of hydrogen-bond acceptors (Lipinski definition) is 4. The average Bonchev–Trinajstić information content (AvgIpc) is 2.83. The van der Waals surface area contributed by atoms with Gasteiger partial charge in [0.05, 0.1) is 9.77 Å². The van der Waals surface area contributed by atoms with Crippen LogP contribution >= 0.6 is 23.4 Å². The Hall–Kier alpha value is -0.910. The zero-order valence-electron chi connectivity index (χ0n) is 12.4. The molecule has 0 radical (unpaired) electrons. The molecule has 1 saturated heterocycles. The van der Waals surface area contributed by atoms with E-state index in [4.69, 9.17) is 17.3 Å². The molecule has 2 aliphatic rings. The molecule has 1 unspecified atom stereocenters. The highest BCUT2D eigenvalue weighted by Crippen LogP contribution is 2.56. The first-order chi connectivity index (χ1) is 10.4. The number of phenolic OH excluding ortho intramolecular Hbond substituents is 1. The van der Waals surface area contributed by atoms with Crippen molar-refractivity contribution in [3.05, 3.63) is 23.2 Å². The number of nitrogens with two attached hydrogens (primary N) is 1. The molecule has 2 fully saturated rings. The maximum absolute atomic E-state index is 12.2. The van der Waals surface area contributed by atoms with E-state index in [0.29, 0.717) is 5.02 Å². The quantitative estimate of drug-likeness (QED) is 0.790. The lowest BCUT2D eigenvalue weighted by molar-refractivity contribution is -0.120. The first-order valence-corrected chi connectivity index (χ1v) is 8.82. The average molecular weight is 341 g/mol. The number of nitrogens with one attached hydrogen (secondary N) is 1. The summed E-state index contributed by atoms with van der Waals surface area (Å²) in [4.78, 5) is 13.1. The van der Waals surface area contributed by atoms with E-state index in [1.165, 1.54) is 11.8 Å². The molecule has 4 N–H and O–H groups in total. The molecule has 1 aromatic rings. The summed E-state index contributed by atoms with van der Waals surface area (Å²) in [6.07, 6.45) is 4.92. The number of rotatable bonds is 3. The number of carbonyl (C=O) groups is 1. The third-order valence-corrected chi connectivity index (χ3v) is 6.80. The number of halogens is 1. The number of primary amides is 1. The van der Waals surface area contributed by atoms with Crippen molar-refractivity contribution in [1.29, 1.82) is 0 Å². The van der Waals surface area contributed by atoms with Crippen molar-refractivity contribution in [1.82, 2.24) is 5.32 Å². The molecule has 1 saturated carbocycles. The zero-order valence-corrected chi connectivity index (χ0v) is 14.0. The Morgan fingerprint density at radius 3 is 2.64 bits per heavy atom. The van der Waals surface area contributed by atoms with Crippen LogP contribution in [-0.2, 0) is 4.79 Å². The van der Waals surface area contributed by atoms with Gasteiger partial charge < -0.3 is 16.2 Å². The SMILES string of the molecule is NC(=O)C1(Sc2ccc(O)c(Cl)c2)CCC2(CCNCC2)C1. The minimum atomic E-state index is -0.558. The van der Waals surface area contributed by atoms with Crippen LogP contribution in [0.2, 0.25) is 5.02 Å². The van der Waals surface area contributed by atoms with Crippen LogP contribution in [0, 0.1) is 5.41 Å². The van der Waals surface area contributed by atoms with E-state index in [9.17, 15) is 9.90 Å². The predicted molar refractivity (Wildman–Crippen MR) is 89.3 cm³/mol. The lowest BCUT2D eigenvalue weighted by atomic mass is 9.77. The van der Waals surface area contributed by atoms with E-state index in [0.717, 1.165) is 50.1 Å². The van der Waals surface area contributed by atoms with E-state index in [-0.39, 0.29) is 17.1 Å². The van der Waals surface area contributed by atoms with Crippen molar-refractivity contribution in [3.8, 4) is 5.75 Å². The van der Waals surface area contributed by atoms with E-state index < -0.39 is 4.75 Å². The molecule has 3 rings (SSSR count). The molecular weight excluding hydrogens is 320 g/mol. The van der Waals surface area contributed by atoms with E-state index in [1.54, 1.807) is 18.2 Å². The fourth-order valence-electron chi connectivity index (χ4n) is 3.76. The van der Waals surface area contributed by atoms with Gasteiger partial charge in [-0.25, -0.2) is 0 Å². The van der Waals surface area contributed by atoms with Gasteiger partial charge in [0.15, 0.2) is 0 Å². The minimum Gasteiger partial charge on any atom is -0.506 e. The second kappa shape index (κ2) is 5.95.